The molecule has 3 aromatic rings. The molecule has 160 valence electrons. The Hall–Kier alpha value is -3.88. The fourth-order valence-corrected chi connectivity index (χ4v) is 3.41. The van der Waals surface area contributed by atoms with Crippen LogP contribution < -0.4 is 15.4 Å². The number of methoxy groups -OCH3 is 1. The Bertz CT molecular complexity index is 1040. The van der Waals surface area contributed by atoms with Crippen molar-refractivity contribution in [3.05, 3.63) is 71.9 Å². The second-order valence-electron chi connectivity index (χ2n) is 7.24. The van der Waals surface area contributed by atoms with E-state index >= 15 is 0 Å². The summed E-state index contributed by atoms with van der Waals surface area (Å²) in [7, 11) is 1.58. The molecule has 0 spiro atoms. The van der Waals surface area contributed by atoms with Gasteiger partial charge in [0.1, 0.15) is 5.75 Å². The first-order chi connectivity index (χ1) is 15.1. The maximum Gasteiger partial charge on any atom is 0.319 e. The highest BCUT2D eigenvalue weighted by molar-refractivity contribution is 5.89. The summed E-state index contributed by atoms with van der Waals surface area (Å²) in [6.45, 7) is 1.19. The number of aromatic nitrogens is 2. The van der Waals surface area contributed by atoms with Crippen LogP contribution in [-0.2, 0) is 17.9 Å². The lowest BCUT2D eigenvalue weighted by atomic mass is 10.1. The number of amides is 3. The number of urea groups is 1. The van der Waals surface area contributed by atoms with Gasteiger partial charge in [-0.3, -0.25) is 4.79 Å². The molecular weight excluding hydrogens is 398 g/mol. The first kappa shape index (κ1) is 20.4. The number of carbonyl (C=O) groups excluding carboxylic acids is 2. The highest BCUT2D eigenvalue weighted by Crippen LogP contribution is 2.27. The van der Waals surface area contributed by atoms with Crippen LogP contribution in [0.25, 0.3) is 0 Å². The molecule has 1 fully saturated rings. The highest BCUT2D eigenvalue weighted by atomic mass is 16.5. The van der Waals surface area contributed by atoms with E-state index in [1.807, 2.05) is 30.3 Å². The maximum absolute atomic E-state index is 12.4. The number of hydrogen-bond acceptors (Lipinski definition) is 6. The average molecular weight is 421 g/mol. The van der Waals surface area contributed by atoms with E-state index in [1.54, 1.807) is 36.3 Å². The van der Waals surface area contributed by atoms with Crippen molar-refractivity contribution in [3.8, 4) is 5.75 Å². The summed E-state index contributed by atoms with van der Waals surface area (Å²) >= 11 is 0. The molecule has 2 aromatic carbocycles. The molecule has 0 unspecified atom stereocenters. The van der Waals surface area contributed by atoms with E-state index in [-0.39, 0.29) is 24.3 Å². The van der Waals surface area contributed by atoms with Gasteiger partial charge in [-0.1, -0.05) is 35.5 Å². The van der Waals surface area contributed by atoms with Gasteiger partial charge >= 0.3 is 6.03 Å². The number of hydrogen-bond donors (Lipinski definition) is 2. The van der Waals surface area contributed by atoms with Gasteiger partial charge in [-0.25, -0.2) is 4.79 Å². The standard InChI is InChI=1S/C22H23N5O4/c1-30-18-9-7-17(8-10-18)24-22(29)23-12-19-25-21(26-31-19)16-11-20(28)27(14-16)13-15-5-3-2-4-6-15/h2-10,16H,11-14H2,1H3,(H2,23,24,29)/t16-/m0/s1. The van der Waals surface area contributed by atoms with E-state index < -0.39 is 6.03 Å². The van der Waals surface area contributed by atoms with E-state index in [0.717, 1.165) is 5.56 Å². The van der Waals surface area contributed by atoms with E-state index in [1.165, 1.54) is 0 Å². The third kappa shape index (κ3) is 5.19. The van der Waals surface area contributed by atoms with E-state index in [2.05, 4.69) is 20.8 Å². The zero-order valence-corrected chi connectivity index (χ0v) is 17.1. The van der Waals surface area contributed by atoms with Crippen LogP contribution in [-0.4, -0.2) is 40.6 Å². The van der Waals surface area contributed by atoms with Crippen LogP contribution in [0.1, 0.15) is 29.6 Å². The van der Waals surface area contributed by atoms with E-state index in [0.29, 0.717) is 36.8 Å². The molecule has 1 saturated heterocycles. The minimum absolute atomic E-state index is 0.0668. The van der Waals surface area contributed by atoms with Crippen molar-refractivity contribution >= 4 is 17.6 Å². The third-order valence-corrected chi connectivity index (χ3v) is 5.03. The Kier molecular flexibility index (Phi) is 6.11. The molecule has 3 amide bonds. The van der Waals surface area contributed by atoms with E-state index in [4.69, 9.17) is 9.26 Å². The SMILES string of the molecule is COc1ccc(NC(=O)NCc2nc([C@H]3CC(=O)N(Cc4ccccc4)C3)no2)cc1. The molecule has 1 aromatic heterocycles. The molecule has 0 aliphatic carbocycles. The van der Waals surface area contributed by atoms with Crippen LogP contribution in [0.3, 0.4) is 0 Å². The summed E-state index contributed by atoms with van der Waals surface area (Å²) in [5.74, 6) is 1.42. The summed E-state index contributed by atoms with van der Waals surface area (Å²) in [4.78, 5) is 30.6. The van der Waals surface area contributed by atoms with Gasteiger partial charge in [0.2, 0.25) is 11.8 Å². The van der Waals surface area contributed by atoms with Gasteiger partial charge in [-0.2, -0.15) is 4.98 Å². The summed E-state index contributed by atoms with van der Waals surface area (Å²) in [6.07, 6.45) is 0.344. The number of carbonyl (C=O) groups is 2. The lowest BCUT2D eigenvalue weighted by molar-refractivity contribution is -0.128. The van der Waals surface area contributed by atoms with Crippen LogP contribution in [0.5, 0.6) is 5.75 Å². The Balaban J connectivity index is 1.28. The number of nitrogens with zero attached hydrogens (tertiary/aromatic N) is 3. The molecule has 0 bridgehead atoms. The lowest BCUT2D eigenvalue weighted by Crippen LogP contribution is -2.28. The van der Waals surface area contributed by atoms with Crippen LogP contribution >= 0.6 is 0 Å². The molecule has 2 heterocycles. The molecule has 4 rings (SSSR count). The van der Waals surface area contributed by atoms with Crippen molar-refractivity contribution < 1.29 is 18.8 Å². The van der Waals surface area contributed by atoms with E-state index in [9.17, 15) is 9.59 Å². The molecule has 0 radical (unpaired) electrons. The molecule has 9 nitrogen and oxygen atoms in total. The molecular formula is C22H23N5O4. The van der Waals surface area contributed by atoms with Crippen LogP contribution in [0.4, 0.5) is 10.5 Å². The quantitative estimate of drug-likeness (QED) is 0.607. The molecule has 2 N–H and O–H groups in total. The van der Waals surface area contributed by atoms with Gasteiger partial charge in [-0.15, -0.1) is 0 Å². The van der Waals surface area contributed by atoms with Gasteiger partial charge in [0.05, 0.1) is 13.7 Å². The van der Waals surface area contributed by atoms with Crippen molar-refractivity contribution in [1.29, 1.82) is 0 Å². The molecule has 9 heteroatoms. The first-order valence-electron chi connectivity index (χ1n) is 9.94. The molecule has 31 heavy (non-hydrogen) atoms. The minimum Gasteiger partial charge on any atom is -0.497 e. The van der Waals surface area contributed by atoms with Gasteiger partial charge in [-0.05, 0) is 29.8 Å². The monoisotopic (exact) mass is 421 g/mol. The van der Waals surface area contributed by atoms with Gasteiger partial charge in [0.15, 0.2) is 5.82 Å². The minimum atomic E-state index is -0.394. The van der Waals surface area contributed by atoms with Crippen LogP contribution in [0.15, 0.2) is 59.1 Å². The lowest BCUT2D eigenvalue weighted by Gasteiger charge is -2.15. The predicted octanol–water partition coefficient (Wildman–Crippen LogP) is 2.92. The van der Waals surface area contributed by atoms with Crippen molar-refractivity contribution in [2.24, 2.45) is 0 Å². The zero-order valence-electron chi connectivity index (χ0n) is 17.1. The fraction of sp³-hybridized carbons (Fsp3) is 0.273. The Labute approximate surface area is 179 Å². The molecule has 1 atom stereocenters. The maximum atomic E-state index is 12.4. The molecule has 1 aliphatic heterocycles. The second kappa shape index (κ2) is 9.29. The summed E-state index contributed by atoms with van der Waals surface area (Å²) in [5.41, 5.74) is 1.71. The number of benzene rings is 2. The Morgan fingerprint density at radius 1 is 1.19 bits per heavy atom. The normalized spacial score (nSPS) is 15.7. The third-order valence-electron chi connectivity index (χ3n) is 5.03. The smallest absolute Gasteiger partial charge is 0.319 e. The second-order valence-corrected chi connectivity index (χ2v) is 7.24. The van der Waals surface area contributed by atoms with Crippen LogP contribution in [0.2, 0.25) is 0 Å². The van der Waals surface area contributed by atoms with Crippen molar-refractivity contribution in [2.45, 2.75) is 25.4 Å². The van der Waals surface area contributed by atoms with Crippen molar-refractivity contribution in [2.75, 3.05) is 19.0 Å². The number of anilines is 1. The Morgan fingerprint density at radius 3 is 2.71 bits per heavy atom. The average Bonchev–Trinajstić information content (AvgIpc) is 3.40. The van der Waals surface area contributed by atoms with Crippen molar-refractivity contribution in [1.82, 2.24) is 20.4 Å². The number of rotatable bonds is 7. The summed E-state index contributed by atoms with van der Waals surface area (Å²) in [5, 5.41) is 9.39. The largest absolute Gasteiger partial charge is 0.497 e. The number of ether oxygens (including phenoxy) is 1. The number of nitrogens with one attached hydrogen (secondary N) is 2. The highest BCUT2D eigenvalue weighted by Gasteiger charge is 2.33. The van der Waals surface area contributed by atoms with Gasteiger partial charge < -0.3 is 24.8 Å². The number of likely N-dealkylation sites (tertiary alicyclic amines) is 1. The predicted molar refractivity (Wildman–Crippen MR) is 112 cm³/mol. The zero-order chi connectivity index (χ0) is 21.6. The summed E-state index contributed by atoms with van der Waals surface area (Å²) in [6, 6.07) is 16.4. The summed E-state index contributed by atoms with van der Waals surface area (Å²) < 4.78 is 10.3. The van der Waals surface area contributed by atoms with Gasteiger partial charge in [0, 0.05) is 31.1 Å². The topological polar surface area (TPSA) is 110 Å². The van der Waals surface area contributed by atoms with Crippen LogP contribution in [0, 0.1) is 0 Å². The van der Waals surface area contributed by atoms with Gasteiger partial charge in [0.25, 0.3) is 0 Å². The first-order valence-corrected chi connectivity index (χ1v) is 9.94. The molecule has 0 saturated carbocycles. The fourth-order valence-electron chi connectivity index (χ4n) is 3.41. The Morgan fingerprint density at radius 2 is 1.97 bits per heavy atom. The van der Waals surface area contributed by atoms with Crippen molar-refractivity contribution in [3.63, 3.8) is 0 Å². The molecule has 1 aliphatic rings.